The molecule has 1 saturated heterocycles. The largest absolute Gasteiger partial charge is 0.378 e. The average molecular weight is 420 g/mol. The Morgan fingerprint density at radius 1 is 1.24 bits per heavy atom. The van der Waals surface area contributed by atoms with Gasteiger partial charge in [-0.05, 0) is 37.5 Å². The van der Waals surface area contributed by atoms with Crippen LogP contribution in [0.4, 0.5) is 0 Å². The molecule has 1 N–H and O–H groups in total. The summed E-state index contributed by atoms with van der Waals surface area (Å²) in [7, 11) is -3.69. The lowest BCUT2D eigenvalue weighted by Crippen LogP contribution is -2.46. The van der Waals surface area contributed by atoms with E-state index in [-0.39, 0.29) is 30.2 Å². The molecule has 29 heavy (non-hydrogen) atoms. The van der Waals surface area contributed by atoms with Gasteiger partial charge in [-0.25, -0.2) is 8.42 Å². The third kappa shape index (κ3) is 4.60. The van der Waals surface area contributed by atoms with E-state index >= 15 is 0 Å². The highest BCUT2D eigenvalue weighted by Crippen LogP contribution is 2.39. The fourth-order valence-corrected chi connectivity index (χ4v) is 5.99. The van der Waals surface area contributed by atoms with Gasteiger partial charge < -0.3 is 15.0 Å². The van der Waals surface area contributed by atoms with Crippen molar-refractivity contribution in [3.63, 3.8) is 0 Å². The highest BCUT2D eigenvalue weighted by molar-refractivity contribution is 7.92. The Labute approximate surface area is 170 Å². The summed E-state index contributed by atoms with van der Waals surface area (Å²) in [4.78, 5) is 27.5. The molecule has 0 radical (unpaired) electrons. The van der Waals surface area contributed by atoms with Crippen LogP contribution in [0.1, 0.15) is 18.4 Å². The van der Waals surface area contributed by atoms with Gasteiger partial charge in [0, 0.05) is 13.1 Å². The fraction of sp³-hybridized carbons (Fsp3) is 0.550. The van der Waals surface area contributed by atoms with E-state index in [2.05, 4.69) is 5.32 Å². The Kier molecular flexibility index (Phi) is 6.55. The van der Waals surface area contributed by atoms with Crippen molar-refractivity contribution in [3.05, 3.63) is 29.8 Å². The predicted molar refractivity (Wildman–Crippen MR) is 104 cm³/mol. The standard InChI is InChI=1S/C20H25N3O5S/c1-14-3-2-4-15(11-14)29(26,27)16-12-17(19(24)22-6-5-21)18(13-16)20(25)23-7-9-28-10-8-23/h2-4,11,16-18H,6-10,12-13H2,1H3,(H,22,24)/t16-,17-,18-/m1/s1. The molecule has 8 nitrogen and oxygen atoms in total. The minimum absolute atomic E-state index is 0.0638. The molecular weight excluding hydrogens is 394 g/mol. The Morgan fingerprint density at radius 2 is 1.93 bits per heavy atom. The minimum atomic E-state index is -3.69. The molecule has 1 saturated carbocycles. The third-order valence-corrected chi connectivity index (χ3v) is 7.77. The van der Waals surface area contributed by atoms with E-state index in [0.29, 0.717) is 26.3 Å². The fourth-order valence-electron chi connectivity index (χ4n) is 4.07. The van der Waals surface area contributed by atoms with Crippen molar-refractivity contribution in [1.29, 1.82) is 5.26 Å². The van der Waals surface area contributed by atoms with Gasteiger partial charge in [0.05, 0.1) is 41.3 Å². The van der Waals surface area contributed by atoms with Crippen LogP contribution in [0.2, 0.25) is 0 Å². The molecule has 0 spiro atoms. The monoisotopic (exact) mass is 419 g/mol. The molecule has 0 unspecified atom stereocenters. The molecule has 0 aromatic heterocycles. The SMILES string of the molecule is Cc1cccc(S(=O)(=O)[C@@H]2C[C@@H](C(=O)NCC#N)[C@H](C(=O)N3CCOCC3)C2)c1. The van der Waals surface area contributed by atoms with Crippen molar-refractivity contribution in [3.8, 4) is 6.07 Å². The molecule has 3 rings (SSSR count). The molecule has 1 aromatic rings. The van der Waals surface area contributed by atoms with E-state index in [0.717, 1.165) is 5.56 Å². The highest BCUT2D eigenvalue weighted by Gasteiger charge is 2.48. The molecule has 1 aliphatic heterocycles. The first-order chi connectivity index (χ1) is 13.8. The molecule has 2 fully saturated rings. The quantitative estimate of drug-likeness (QED) is 0.701. The van der Waals surface area contributed by atoms with Gasteiger partial charge in [-0.3, -0.25) is 9.59 Å². The van der Waals surface area contributed by atoms with Crippen LogP contribution in [-0.4, -0.2) is 63.2 Å². The lowest BCUT2D eigenvalue weighted by atomic mass is 9.93. The summed E-state index contributed by atoms with van der Waals surface area (Å²) < 4.78 is 31.6. The summed E-state index contributed by atoms with van der Waals surface area (Å²) in [6, 6.07) is 8.50. The van der Waals surface area contributed by atoms with Crippen LogP contribution < -0.4 is 5.32 Å². The number of nitrogens with zero attached hydrogens (tertiary/aromatic N) is 2. The van der Waals surface area contributed by atoms with E-state index in [4.69, 9.17) is 10.00 Å². The summed E-state index contributed by atoms with van der Waals surface area (Å²) in [5.74, 6) is -2.16. The molecule has 2 amide bonds. The number of hydrogen-bond donors (Lipinski definition) is 1. The first kappa shape index (κ1) is 21.3. The van der Waals surface area contributed by atoms with Crippen molar-refractivity contribution in [1.82, 2.24) is 10.2 Å². The van der Waals surface area contributed by atoms with Crippen LogP contribution >= 0.6 is 0 Å². The summed E-state index contributed by atoms with van der Waals surface area (Å²) in [6.07, 6.45) is 0.158. The molecule has 1 aromatic carbocycles. The van der Waals surface area contributed by atoms with Crippen LogP contribution in [0.3, 0.4) is 0 Å². The Balaban J connectivity index is 1.86. The van der Waals surface area contributed by atoms with Gasteiger partial charge in [0.25, 0.3) is 0 Å². The third-order valence-electron chi connectivity index (χ3n) is 5.59. The molecule has 9 heteroatoms. The van der Waals surface area contributed by atoms with E-state index in [1.54, 1.807) is 23.1 Å². The van der Waals surface area contributed by atoms with Gasteiger partial charge in [-0.15, -0.1) is 0 Å². The first-order valence-electron chi connectivity index (χ1n) is 9.66. The Bertz CT molecular complexity index is 918. The van der Waals surface area contributed by atoms with E-state index in [9.17, 15) is 18.0 Å². The van der Waals surface area contributed by atoms with Crippen molar-refractivity contribution in [2.45, 2.75) is 29.9 Å². The van der Waals surface area contributed by atoms with Gasteiger partial charge in [0.15, 0.2) is 9.84 Å². The van der Waals surface area contributed by atoms with Crippen LogP contribution in [0.25, 0.3) is 0 Å². The number of amides is 2. The molecule has 1 heterocycles. The number of carbonyl (C=O) groups is 2. The van der Waals surface area contributed by atoms with Crippen LogP contribution in [0.15, 0.2) is 29.2 Å². The van der Waals surface area contributed by atoms with Gasteiger partial charge in [0.2, 0.25) is 11.8 Å². The lowest BCUT2D eigenvalue weighted by molar-refractivity contribution is -0.144. The number of ether oxygens (including phenoxy) is 1. The van der Waals surface area contributed by atoms with Crippen LogP contribution in [-0.2, 0) is 24.2 Å². The zero-order valence-electron chi connectivity index (χ0n) is 16.3. The summed E-state index contributed by atoms with van der Waals surface area (Å²) >= 11 is 0. The van der Waals surface area contributed by atoms with Crippen LogP contribution in [0.5, 0.6) is 0 Å². The van der Waals surface area contributed by atoms with E-state index in [1.165, 1.54) is 0 Å². The van der Waals surface area contributed by atoms with Crippen LogP contribution in [0, 0.1) is 30.1 Å². The predicted octanol–water partition coefficient (Wildman–Crippen LogP) is 0.662. The second-order valence-corrected chi connectivity index (χ2v) is 9.71. The zero-order chi connectivity index (χ0) is 21.0. The first-order valence-corrected chi connectivity index (χ1v) is 11.2. The lowest BCUT2D eigenvalue weighted by Gasteiger charge is -2.30. The molecule has 2 aliphatic rings. The maximum Gasteiger partial charge on any atom is 0.226 e. The average Bonchev–Trinajstić information content (AvgIpc) is 3.18. The number of nitriles is 1. The molecule has 1 aliphatic carbocycles. The normalized spacial score (nSPS) is 24.7. The summed E-state index contributed by atoms with van der Waals surface area (Å²) in [5.41, 5.74) is 0.827. The number of hydrogen-bond acceptors (Lipinski definition) is 6. The number of rotatable bonds is 5. The topological polar surface area (TPSA) is 117 Å². The number of carbonyl (C=O) groups excluding carboxylic acids is 2. The van der Waals surface area contributed by atoms with Gasteiger partial charge in [-0.2, -0.15) is 5.26 Å². The number of nitrogens with one attached hydrogen (secondary N) is 1. The molecule has 3 atom stereocenters. The Morgan fingerprint density at radius 3 is 2.59 bits per heavy atom. The van der Waals surface area contributed by atoms with Crippen molar-refractivity contribution in [2.24, 2.45) is 11.8 Å². The maximum absolute atomic E-state index is 13.2. The van der Waals surface area contributed by atoms with E-state index < -0.39 is 32.8 Å². The molecule has 156 valence electrons. The summed E-state index contributed by atoms with van der Waals surface area (Å²) in [5, 5.41) is 10.4. The van der Waals surface area contributed by atoms with Crippen molar-refractivity contribution in [2.75, 3.05) is 32.8 Å². The maximum atomic E-state index is 13.2. The zero-order valence-corrected chi connectivity index (χ0v) is 17.2. The highest BCUT2D eigenvalue weighted by atomic mass is 32.2. The number of morpholine rings is 1. The number of benzene rings is 1. The second kappa shape index (κ2) is 8.93. The molecule has 0 bridgehead atoms. The minimum Gasteiger partial charge on any atom is -0.378 e. The number of sulfone groups is 1. The smallest absolute Gasteiger partial charge is 0.226 e. The van der Waals surface area contributed by atoms with Gasteiger partial charge >= 0.3 is 0 Å². The second-order valence-electron chi connectivity index (χ2n) is 7.48. The number of aryl methyl sites for hydroxylation is 1. The van der Waals surface area contributed by atoms with Crippen molar-refractivity contribution < 1.29 is 22.7 Å². The van der Waals surface area contributed by atoms with Gasteiger partial charge in [0.1, 0.15) is 6.54 Å². The Hall–Kier alpha value is -2.44. The van der Waals surface area contributed by atoms with Crippen molar-refractivity contribution >= 4 is 21.7 Å². The summed E-state index contributed by atoms with van der Waals surface area (Å²) in [6.45, 7) is 3.34. The van der Waals surface area contributed by atoms with Gasteiger partial charge in [-0.1, -0.05) is 12.1 Å². The van der Waals surface area contributed by atoms with E-state index in [1.807, 2.05) is 19.1 Å². The molecular formula is C20H25N3O5S.